The highest BCUT2D eigenvalue weighted by atomic mass is 19.1. The van der Waals surface area contributed by atoms with Gasteiger partial charge in [-0.05, 0) is 44.1 Å². The summed E-state index contributed by atoms with van der Waals surface area (Å²) in [5.74, 6) is -1.11. The highest BCUT2D eigenvalue weighted by Crippen LogP contribution is 2.17. The number of rotatable bonds is 5. The van der Waals surface area contributed by atoms with Crippen LogP contribution in [0.4, 0.5) is 10.1 Å². The van der Waals surface area contributed by atoms with Crippen LogP contribution in [0.2, 0.25) is 0 Å². The smallest absolute Gasteiger partial charge is 0.306 e. The van der Waals surface area contributed by atoms with Crippen molar-refractivity contribution in [3.05, 3.63) is 30.1 Å². The van der Waals surface area contributed by atoms with Gasteiger partial charge in [0.2, 0.25) is 0 Å². The number of nitrogens with one attached hydrogen (secondary N) is 1. The molecule has 0 atom stereocenters. The van der Waals surface area contributed by atoms with Gasteiger partial charge in [-0.2, -0.15) is 0 Å². The zero-order valence-electron chi connectivity index (χ0n) is 10.8. The number of carbonyl (C=O) groups is 1. The Morgan fingerprint density at radius 2 is 2.16 bits per heavy atom. The molecule has 104 valence electrons. The molecule has 0 amide bonds. The molecule has 2 N–H and O–H groups in total. The first-order valence-corrected chi connectivity index (χ1v) is 6.60. The van der Waals surface area contributed by atoms with Crippen LogP contribution in [0, 0.1) is 11.7 Å². The number of likely N-dealkylation sites (tertiary alicyclic amines) is 1. The minimum atomic E-state index is -0.683. The van der Waals surface area contributed by atoms with E-state index in [1.165, 1.54) is 12.1 Å². The summed E-state index contributed by atoms with van der Waals surface area (Å²) in [6, 6.07) is 6.40. The zero-order valence-corrected chi connectivity index (χ0v) is 10.8. The molecule has 5 heteroatoms. The number of hydrogen-bond acceptors (Lipinski definition) is 3. The van der Waals surface area contributed by atoms with Crippen LogP contribution in [-0.2, 0) is 4.79 Å². The average Bonchev–Trinajstić information content (AvgIpc) is 2.39. The van der Waals surface area contributed by atoms with E-state index >= 15 is 0 Å². The molecule has 0 spiro atoms. The van der Waals surface area contributed by atoms with E-state index in [0.29, 0.717) is 0 Å². The van der Waals surface area contributed by atoms with Crippen LogP contribution in [0.3, 0.4) is 0 Å². The SMILES string of the molecule is O=C(O)C1CCN(CCNc2cccc(F)c2)CC1. The van der Waals surface area contributed by atoms with Crippen molar-refractivity contribution in [1.29, 1.82) is 0 Å². The summed E-state index contributed by atoms with van der Waals surface area (Å²) in [5.41, 5.74) is 0.778. The Morgan fingerprint density at radius 1 is 1.42 bits per heavy atom. The standard InChI is InChI=1S/C14H19FN2O2/c15-12-2-1-3-13(10-12)16-6-9-17-7-4-11(5-8-17)14(18)19/h1-3,10-11,16H,4-9H2,(H,18,19). The predicted molar refractivity (Wildman–Crippen MR) is 71.7 cm³/mol. The Kier molecular flexibility index (Phi) is 4.74. The van der Waals surface area contributed by atoms with E-state index in [-0.39, 0.29) is 11.7 Å². The van der Waals surface area contributed by atoms with Crippen LogP contribution >= 0.6 is 0 Å². The fourth-order valence-corrected chi connectivity index (χ4v) is 2.36. The fourth-order valence-electron chi connectivity index (χ4n) is 2.36. The molecular weight excluding hydrogens is 247 g/mol. The number of nitrogens with zero attached hydrogens (tertiary/aromatic N) is 1. The van der Waals surface area contributed by atoms with Gasteiger partial charge in [-0.1, -0.05) is 6.07 Å². The van der Waals surface area contributed by atoms with Gasteiger partial charge in [-0.25, -0.2) is 4.39 Å². The molecule has 19 heavy (non-hydrogen) atoms. The van der Waals surface area contributed by atoms with Crippen LogP contribution in [0.1, 0.15) is 12.8 Å². The molecule has 0 aliphatic carbocycles. The molecule has 1 aliphatic rings. The van der Waals surface area contributed by atoms with Crippen molar-refractivity contribution < 1.29 is 14.3 Å². The lowest BCUT2D eigenvalue weighted by Gasteiger charge is -2.30. The first-order valence-electron chi connectivity index (χ1n) is 6.60. The maximum Gasteiger partial charge on any atom is 0.306 e. The van der Waals surface area contributed by atoms with E-state index in [0.717, 1.165) is 44.7 Å². The Hall–Kier alpha value is -1.62. The third kappa shape index (κ3) is 4.21. The second-order valence-corrected chi connectivity index (χ2v) is 4.89. The van der Waals surface area contributed by atoms with E-state index in [4.69, 9.17) is 5.11 Å². The summed E-state index contributed by atoms with van der Waals surface area (Å²) in [6.07, 6.45) is 1.44. The number of aliphatic carboxylic acids is 1. The molecular formula is C14H19FN2O2. The lowest BCUT2D eigenvalue weighted by Crippen LogP contribution is -2.38. The Morgan fingerprint density at radius 3 is 2.79 bits per heavy atom. The summed E-state index contributed by atoms with van der Waals surface area (Å²) in [7, 11) is 0. The van der Waals surface area contributed by atoms with Crippen molar-refractivity contribution in [1.82, 2.24) is 4.90 Å². The summed E-state index contributed by atoms with van der Waals surface area (Å²) in [5, 5.41) is 12.1. The monoisotopic (exact) mass is 266 g/mol. The van der Waals surface area contributed by atoms with E-state index in [1.807, 2.05) is 6.07 Å². The molecule has 0 unspecified atom stereocenters. The molecule has 0 bridgehead atoms. The number of halogens is 1. The number of carboxylic acid groups (broad SMARTS) is 1. The second kappa shape index (κ2) is 6.52. The summed E-state index contributed by atoms with van der Waals surface area (Å²) in [4.78, 5) is 13.1. The number of hydrogen-bond donors (Lipinski definition) is 2. The predicted octanol–water partition coefficient (Wildman–Crippen LogP) is 2.03. The third-order valence-electron chi connectivity index (χ3n) is 3.52. The summed E-state index contributed by atoms with van der Waals surface area (Å²) < 4.78 is 13.0. The molecule has 0 saturated carbocycles. The largest absolute Gasteiger partial charge is 0.481 e. The summed E-state index contributed by atoms with van der Waals surface area (Å²) >= 11 is 0. The van der Waals surface area contributed by atoms with Gasteiger partial charge in [0.05, 0.1) is 5.92 Å². The first kappa shape index (κ1) is 13.8. The van der Waals surface area contributed by atoms with E-state index in [1.54, 1.807) is 6.07 Å². The second-order valence-electron chi connectivity index (χ2n) is 4.89. The van der Waals surface area contributed by atoms with Crippen molar-refractivity contribution >= 4 is 11.7 Å². The van der Waals surface area contributed by atoms with Gasteiger partial charge in [0.25, 0.3) is 0 Å². The van der Waals surface area contributed by atoms with Gasteiger partial charge in [0, 0.05) is 18.8 Å². The molecule has 1 aromatic rings. The molecule has 2 rings (SSSR count). The minimum Gasteiger partial charge on any atom is -0.481 e. The van der Waals surface area contributed by atoms with E-state index in [2.05, 4.69) is 10.2 Å². The molecule has 1 saturated heterocycles. The molecule has 0 radical (unpaired) electrons. The van der Waals surface area contributed by atoms with Gasteiger partial charge in [-0.3, -0.25) is 4.79 Å². The summed E-state index contributed by atoms with van der Waals surface area (Å²) in [6.45, 7) is 3.23. The van der Waals surface area contributed by atoms with E-state index in [9.17, 15) is 9.18 Å². The lowest BCUT2D eigenvalue weighted by molar-refractivity contribution is -0.143. The van der Waals surface area contributed by atoms with Crippen molar-refractivity contribution in [2.45, 2.75) is 12.8 Å². The Balaban J connectivity index is 1.68. The van der Waals surface area contributed by atoms with Crippen LogP contribution in [0.15, 0.2) is 24.3 Å². The van der Waals surface area contributed by atoms with Crippen LogP contribution in [0.5, 0.6) is 0 Å². The van der Waals surface area contributed by atoms with Gasteiger partial charge in [0.15, 0.2) is 0 Å². The topological polar surface area (TPSA) is 52.6 Å². The van der Waals surface area contributed by atoms with Crippen molar-refractivity contribution in [2.75, 3.05) is 31.5 Å². The molecule has 4 nitrogen and oxygen atoms in total. The van der Waals surface area contributed by atoms with Gasteiger partial charge in [0.1, 0.15) is 5.82 Å². The number of piperidine rings is 1. The quantitative estimate of drug-likeness (QED) is 0.856. The van der Waals surface area contributed by atoms with E-state index < -0.39 is 5.97 Å². The highest BCUT2D eigenvalue weighted by molar-refractivity contribution is 5.70. The molecule has 1 aliphatic heterocycles. The average molecular weight is 266 g/mol. The van der Waals surface area contributed by atoms with Gasteiger partial charge in [-0.15, -0.1) is 0 Å². The normalized spacial score (nSPS) is 17.3. The van der Waals surface area contributed by atoms with Gasteiger partial charge < -0.3 is 15.3 Å². The Labute approximate surface area is 112 Å². The van der Waals surface area contributed by atoms with Crippen LogP contribution in [-0.4, -0.2) is 42.2 Å². The minimum absolute atomic E-state index is 0.188. The fraction of sp³-hybridized carbons (Fsp3) is 0.500. The molecule has 0 aromatic heterocycles. The maximum atomic E-state index is 13.0. The third-order valence-corrected chi connectivity index (χ3v) is 3.52. The van der Waals surface area contributed by atoms with Crippen LogP contribution in [0.25, 0.3) is 0 Å². The van der Waals surface area contributed by atoms with Gasteiger partial charge >= 0.3 is 5.97 Å². The lowest BCUT2D eigenvalue weighted by atomic mass is 9.97. The highest BCUT2D eigenvalue weighted by Gasteiger charge is 2.23. The van der Waals surface area contributed by atoms with Crippen molar-refractivity contribution in [2.24, 2.45) is 5.92 Å². The van der Waals surface area contributed by atoms with Crippen LogP contribution < -0.4 is 5.32 Å². The van der Waals surface area contributed by atoms with Crippen molar-refractivity contribution in [3.8, 4) is 0 Å². The number of carboxylic acids is 1. The van der Waals surface area contributed by atoms with Crippen molar-refractivity contribution in [3.63, 3.8) is 0 Å². The molecule has 1 heterocycles. The Bertz CT molecular complexity index is 431. The molecule has 1 aromatic carbocycles. The first-order chi connectivity index (χ1) is 9.15. The maximum absolute atomic E-state index is 13.0. The molecule has 1 fully saturated rings. The number of benzene rings is 1. The number of anilines is 1. The zero-order chi connectivity index (χ0) is 13.7.